The number of allylic oxidation sites excluding steroid dienone is 1. The van der Waals surface area contributed by atoms with E-state index in [0.29, 0.717) is 34.6 Å². The number of nitrogens with one attached hydrogen (secondary N) is 1. The van der Waals surface area contributed by atoms with Gasteiger partial charge in [-0.2, -0.15) is 0 Å². The number of likely N-dealkylation sites (tertiary alicyclic amines) is 1. The summed E-state index contributed by atoms with van der Waals surface area (Å²) < 4.78 is 5.26. The molecular formula is C26H34Cl2N2O4. The number of ether oxygens (including phenoxy) is 1. The Bertz CT molecular complexity index is 962. The molecule has 6 nitrogen and oxygen atoms in total. The zero-order valence-corrected chi connectivity index (χ0v) is 21.7. The number of benzene rings is 1. The molecule has 1 heterocycles. The van der Waals surface area contributed by atoms with Gasteiger partial charge in [-0.25, -0.2) is 0 Å². The maximum Gasteiger partial charge on any atom is 0.317 e. The predicted octanol–water partition coefficient (Wildman–Crippen LogP) is 5.51. The first-order valence-electron chi connectivity index (χ1n) is 12.0. The van der Waals surface area contributed by atoms with Crippen LogP contribution >= 0.6 is 23.2 Å². The molecule has 0 saturated carbocycles. The number of hydrogen-bond acceptors (Lipinski definition) is 4. The third kappa shape index (κ3) is 5.95. The van der Waals surface area contributed by atoms with Crippen LogP contribution in [-0.4, -0.2) is 36.3 Å². The van der Waals surface area contributed by atoms with E-state index in [2.05, 4.69) is 19.2 Å². The summed E-state index contributed by atoms with van der Waals surface area (Å²) in [4.78, 5) is 41.3. The zero-order valence-electron chi connectivity index (χ0n) is 20.2. The molecule has 0 spiro atoms. The van der Waals surface area contributed by atoms with E-state index in [9.17, 15) is 14.4 Å². The summed E-state index contributed by atoms with van der Waals surface area (Å²) in [5, 5.41) is 3.88. The molecule has 2 aliphatic rings. The number of piperidine rings is 1. The topological polar surface area (TPSA) is 75.7 Å². The van der Waals surface area contributed by atoms with Gasteiger partial charge in [-0.3, -0.25) is 14.4 Å². The normalized spacial score (nSPS) is 22.6. The van der Waals surface area contributed by atoms with Gasteiger partial charge in [-0.05, 0) is 55.7 Å². The molecule has 1 saturated heterocycles. The molecule has 0 aromatic heterocycles. The van der Waals surface area contributed by atoms with Crippen LogP contribution in [0.5, 0.6) is 0 Å². The van der Waals surface area contributed by atoms with Gasteiger partial charge in [0.25, 0.3) is 0 Å². The Labute approximate surface area is 212 Å². The highest BCUT2D eigenvalue weighted by Crippen LogP contribution is 2.50. The molecule has 0 bridgehead atoms. The van der Waals surface area contributed by atoms with Gasteiger partial charge in [0.2, 0.25) is 11.8 Å². The molecule has 3 rings (SSSR count). The summed E-state index contributed by atoms with van der Waals surface area (Å²) in [6.45, 7) is 4.95. The van der Waals surface area contributed by atoms with Crippen LogP contribution in [0.4, 0.5) is 0 Å². The van der Waals surface area contributed by atoms with Crippen molar-refractivity contribution in [2.75, 3.05) is 13.7 Å². The van der Waals surface area contributed by atoms with Crippen LogP contribution in [0.25, 0.3) is 0 Å². The Morgan fingerprint density at radius 3 is 2.71 bits per heavy atom. The van der Waals surface area contributed by atoms with Crippen LogP contribution in [0.15, 0.2) is 30.0 Å². The Kier molecular flexibility index (Phi) is 9.05. The molecule has 0 unspecified atom stereocenters. The molecule has 0 radical (unpaired) electrons. The second-order valence-corrected chi connectivity index (χ2v) is 10.6. The second kappa shape index (κ2) is 11.6. The monoisotopic (exact) mass is 508 g/mol. The van der Waals surface area contributed by atoms with Crippen molar-refractivity contribution in [1.82, 2.24) is 10.2 Å². The lowest BCUT2D eigenvalue weighted by Gasteiger charge is -2.46. The highest BCUT2D eigenvalue weighted by Gasteiger charge is 2.53. The fourth-order valence-corrected chi connectivity index (χ4v) is 5.45. The van der Waals surface area contributed by atoms with E-state index in [0.717, 1.165) is 31.2 Å². The van der Waals surface area contributed by atoms with Crippen molar-refractivity contribution in [2.45, 2.75) is 65.3 Å². The molecule has 1 aromatic carbocycles. The van der Waals surface area contributed by atoms with E-state index >= 15 is 0 Å². The van der Waals surface area contributed by atoms with Gasteiger partial charge in [0, 0.05) is 34.6 Å². The number of halogens is 2. The largest absolute Gasteiger partial charge is 0.468 e. The van der Waals surface area contributed by atoms with Crippen molar-refractivity contribution < 1.29 is 19.1 Å². The van der Waals surface area contributed by atoms with E-state index in [1.165, 1.54) is 7.11 Å². The van der Waals surface area contributed by atoms with Gasteiger partial charge in [-0.1, -0.05) is 55.6 Å². The number of methoxy groups -OCH3 is 1. The number of hydrogen-bond donors (Lipinski definition) is 1. The molecule has 2 atom stereocenters. The average Bonchev–Trinajstić information content (AvgIpc) is 3.00. The van der Waals surface area contributed by atoms with Crippen LogP contribution in [0.3, 0.4) is 0 Å². The van der Waals surface area contributed by atoms with Crippen molar-refractivity contribution in [3.8, 4) is 0 Å². The summed E-state index contributed by atoms with van der Waals surface area (Å²) in [7, 11) is 1.38. The molecular weight excluding hydrogens is 475 g/mol. The number of fused-ring (bicyclic) bond motifs is 1. The van der Waals surface area contributed by atoms with Gasteiger partial charge in [0.05, 0.1) is 13.7 Å². The number of nitrogens with zero attached hydrogens (tertiary/aromatic N) is 1. The van der Waals surface area contributed by atoms with Crippen molar-refractivity contribution in [3.05, 3.63) is 45.6 Å². The Balaban J connectivity index is 1.95. The lowest BCUT2D eigenvalue weighted by Crippen LogP contribution is -2.53. The van der Waals surface area contributed by atoms with Crippen LogP contribution in [-0.2, 0) is 25.7 Å². The minimum atomic E-state index is -0.957. The Morgan fingerprint density at radius 1 is 1.26 bits per heavy atom. The van der Waals surface area contributed by atoms with Crippen molar-refractivity contribution in [1.29, 1.82) is 0 Å². The van der Waals surface area contributed by atoms with Gasteiger partial charge in [0.15, 0.2) is 0 Å². The summed E-state index contributed by atoms with van der Waals surface area (Å²) in [5.74, 6) is -0.857. The number of rotatable bonds is 8. The third-order valence-corrected chi connectivity index (χ3v) is 7.37. The van der Waals surface area contributed by atoms with E-state index in [1.807, 2.05) is 6.08 Å². The average molecular weight is 509 g/mol. The molecule has 2 amide bonds. The predicted molar refractivity (Wildman–Crippen MR) is 133 cm³/mol. The van der Waals surface area contributed by atoms with E-state index in [1.54, 1.807) is 23.1 Å². The lowest BCUT2D eigenvalue weighted by atomic mass is 9.69. The van der Waals surface area contributed by atoms with Crippen LogP contribution in [0.1, 0.15) is 64.4 Å². The van der Waals surface area contributed by atoms with Crippen LogP contribution in [0, 0.1) is 17.3 Å². The number of amides is 2. The number of carbonyl (C=O) groups excluding carboxylic acids is 3. The summed E-state index contributed by atoms with van der Waals surface area (Å²) in [6.07, 6.45) is 6.27. The Morgan fingerprint density at radius 2 is 2.03 bits per heavy atom. The molecule has 1 fully saturated rings. The first kappa shape index (κ1) is 26.6. The van der Waals surface area contributed by atoms with Crippen LogP contribution < -0.4 is 5.32 Å². The van der Waals surface area contributed by atoms with E-state index < -0.39 is 11.3 Å². The van der Waals surface area contributed by atoms with E-state index in [-0.39, 0.29) is 37.2 Å². The van der Waals surface area contributed by atoms with Gasteiger partial charge >= 0.3 is 5.97 Å². The smallest absolute Gasteiger partial charge is 0.317 e. The maximum absolute atomic E-state index is 13.7. The SMILES string of the molecule is COC(=O)[C@]12CCCCC=C1N(Cc1ccc(Cl)cc1Cl)C(=O)[C@H](CC(=O)NCCC(C)C)C2. The molecule has 186 valence electrons. The molecule has 1 aliphatic carbocycles. The number of esters is 1. The Hall–Kier alpha value is -2.05. The van der Waals surface area contributed by atoms with Crippen molar-refractivity contribution in [2.24, 2.45) is 17.3 Å². The summed E-state index contributed by atoms with van der Waals surface area (Å²) >= 11 is 12.5. The summed E-state index contributed by atoms with van der Waals surface area (Å²) in [6, 6.07) is 5.16. The minimum Gasteiger partial charge on any atom is -0.468 e. The molecule has 1 aliphatic heterocycles. The van der Waals surface area contributed by atoms with Gasteiger partial charge < -0.3 is 15.0 Å². The van der Waals surface area contributed by atoms with Crippen molar-refractivity contribution in [3.63, 3.8) is 0 Å². The quantitative estimate of drug-likeness (QED) is 0.469. The highest BCUT2D eigenvalue weighted by molar-refractivity contribution is 6.35. The summed E-state index contributed by atoms with van der Waals surface area (Å²) in [5.41, 5.74) is 0.440. The third-order valence-electron chi connectivity index (χ3n) is 6.78. The zero-order chi connectivity index (χ0) is 24.9. The van der Waals surface area contributed by atoms with Crippen molar-refractivity contribution >= 4 is 41.0 Å². The second-order valence-electron chi connectivity index (χ2n) is 9.71. The fourth-order valence-electron chi connectivity index (χ4n) is 4.98. The van der Waals surface area contributed by atoms with Gasteiger partial charge in [-0.15, -0.1) is 0 Å². The van der Waals surface area contributed by atoms with Gasteiger partial charge in [0.1, 0.15) is 5.41 Å². The molecule has 1 aromatic rings. The first-order valence-corrected chi connectivity index (χ1v) is 12.7. The highest BCUT2D eigenvalue weighted by atomic mass is 35.5. The first-order chi connectivity index (χ1) is 16.2. The minimum absolute atomic E-state index is 0.0355. The van der Waals surface area contributed by atoms with E-state index in [4.69, 9.17) is 27.9 Å². The molecule has 34 heavy (non-hydrogen) atoms. The fraction of sp³-hybridized carbons (Fsp3) is 0.577. The van der Waals surface area contributed by atoms with Crippen LogP contribution in [0.2, 0.25) is 10.0 Å². The molecule has 8 heteroatoms. The molecule has 1 N–H and O–H groups in total. The standard InChI is InChI=1S/C26H34Cl2N2O4/c1-17(2)10-12-29-23(31)13-19-15-26(25(33)34-3)11-6-4-5-7-22(26)30(24(19)32)16-18-8-9-20(27)14-21(18)28/h7-9,14,17,19H,4-6,10-13,15-16H2,1-3H3,(H,29,31)/t19-,26+/m1/s1. The number of carbonyl (C=O) groups is 3. The lowest BCUT2D eigenvalue weighted by molar-refractivity contribution is -0.160. The maximum atomic E-state index is 13.7.